The van der Waals surface area contributed by atoms with Crippen molar-refractivity contribution in [2.45, 2.75) is 57.6 Å². The van der Waals surface area contributed by atoms with Crippen molar-refractivity contribution in [2.24, 2.45) is 0 Å². The second kappa shape index (κ2) is 7.16. The zero-order valence-corrected chi connectivity index (χ0v) is 15.2. The molecule has 1 aromatic heterocycles. The lowest BCUT2D eigenvalue weighted by Gasteiger charge is -2.40. The first-order valence-corrected chi connectivity index (χ1v) is 9.21. The fourth-order valence-electron chi connectivity index (χ4n) is 3.65. The van der Waals surface area contributed by atoms with Crippen molar-refractivity contribution in [1.82, 2.24) is 9.66 Å². The molecule has 1 fully saturated rings. The molecule has 0 saturated carbocycles. The molecule has 1 N–H and O–H groups in total. The number of aromatic nitrogens is 2. The third kappa shape index (κ3) is 3.31. The Bertz CT molecular complexity index is 664. The van der Waals surface area contributed by atoms with Crippen LogP contribution in [0.5, 0.6) is 0 Å². The van der Waals surface area contributed by atoms with E-state index in [0.29, 0.717) is 16.9 Å². The third-order valence-corrected chi connectivity index (χ3v) is 5.21. The molecular formula is C19H26ClN3O. The topological polar surface area (TPSA) is 41.3 Å². The number of nitrogens with zero attached hydrogens (tertiary/aromatic N) is 3. The Balaban J connectivity index is 1.95. The van der Waals surface area contributed by atoms with Gasteiger partial charge in [-0.05, 0) is 50.3 Å². The molecule has 130 valence electrons. The predicted octanol–water partition coefficient (Wildman–Crippen LogP) is 4.08. The number of piperidine rings is 1. The molecule has 2 aromatic rings. The number of halogens is 1. The van der Waals surface area contributed by atoms with Gasteiger partial charge < -0.3 is 10.1 Å². The van der Waals surface area contributed by atoms with Crippen LogP contribution in [-0.4, -0.2) is 27.4 Å². The molecule has 2 heterocycles. The average Bonchev–Trinajstić information content (AvgIpc) is 3.06. The summed E-state index contributed by atoms with van der Waals surface area (Å²) >= 11 is 5.98. The first-order chi connectivity index (χ1) is 11.5. The van der Waals surface area contributed by atoms with Crippen molar-refractivity contribution in [2.75, 3.05) is 11.6 Å². The highest BCUT2D eigenvalue weighted by atomic mass is 35.5. The van der Waals surface area contributed by atoms with Crippen LogP contribution in [0.3, 0.4) is 0 Å². The van der Waals surface area contributed by atoms with Crippen LogP contribution in [0.25, 0.3) is 0 Å². The van der Waals surface area contributed by atoms with Crippen LogP contribution in [0.1, 0.15) is 57.3 Å². The molecule has 1 saturated heterocycles. The molecule has 4 nitrogen and oxygen atoms in total. The number of hydrogen-bond acceptors (Lipinski definition) is 3. The zero-order chi connectivity index (χ0) is 17.2. The number of aliphatic hydroxyl groups is 1. The van der Waals surface area contributed by atoms with Gasteiger partial charge in [0.15, 0.2) is 5.82 Å². The van der Waals surface area contributed by atoms with Gasteiger partial charge in [0, 0.05) is 30.0 Å². The highest BCUT2D eigenvalue weighted by Crippen LogP contribution is 2.30. The molecule has 24 heavy (non-hydrogen) atoms. The first kappa shape index (κ1) is 17.3. The molecule has 5 heteroatoms. The first-order valence-electron chi connectivity index (χ1n) is 8.83. The average molecular weight is 348 g/mol. The molecule has 1 aliphatic heterocycles. The minimum atomic E-state index is -1.16. The molecule has 2 atom stereocenters. The van der Waals surface area contributed by atoms with E-state index in [2.05, 4.69) is 21.6 Å². The van der Waals surface area contributed by atoms with E-state index in [4.69, 9.17) is 11.6 Å². The summed E-state index contributed by atoms with van der Waals surface area (Å²) in [4.78, 5) is 4.49. The lowest BCUT2D eigenvalue weighted by molar-refractivity contribution is 0.0861. The maximum atomic E-state index is 11.2. The SMILES string of the molecule is CCCC1CCCCN1n1ccnc1C(C)(O)c1ccc(Cl)cc1. The van der Waals surface area contributed by atoms with E-state index < -0.39 is 5.60 Å². The van der Waals surface area contributed by atoms with Crippen molar-refractivity contribution in [3.05, 3.63) is 53.1 Å². The van der Waals surface area contributed by atoms with E-state index in [1.807, 2.05) is 18.3 Å². The lowest BCUT2D eigenvalue weighted by atomic mass is 9.95. The van der Waals surface area contributed by atoms with Gasteiger partial charge in [0.1, 0.15) is 5.60 Å². The largest absolute Gasteiger partial charge is 0.377 e. The Morgan fingerprint density at radius 1 is 1.29 bits per heavy atom. The summed E-state index contributed by atoms with van der Waals surface area (Å²) < 4.78 is 2.06. The molecule has 0 amide bonds. The van der Waals surface area contributed by atoms with Crippen molar-refractivity contribution in [1.29, 1.82) is 0 Å². The molecule has 0 aliphatic carbocycles. The molecule has 2 unspecified atom stereocenters. The summed E-state index contributed by atoms with van der Waals surface area (Å²) in [5.74, 6) is 0.660. The van der Waals surface area contributed by atoms with E-state index in [-0.39, 0.29) is 0 Å². The molecule has 1 aliphatic rings. The van der Waals surface area contributed by atoms with Gasteiger partial charge >= 0.3 is 0 Å². The van der Waals surface area contributed by atoms with Gasteiger partial charge in [-0.3, -0.25) is 0 Å². The monoisotopic (exact) mass is 347 g/mol. The fourth-order valence-corrected chi connectivity index (χ4v) is 3.78. The van der Waals surface area contributed by atoms with Gasteiger partial charge in [-0.15, -0.1) is 0 Å². The van der Waals surface area contributed by atoms with Crippen LogP contribution >= 0.6 is 11.6 Å². The smallest absolute Gasteiger partial charge is 0.163 e. The molecule has 3 rings (SSSR count). The van der Waals surface area contributed by atoms with Crippen molar-refractivity contribution < 1.29 is 5.11 Å². The minimum Gasteiger partial charge on any atom is -0.377 e. The summed E-state index contributed by atoms with van der Waals surface area (Å²) in [6, 6.07) is 7.85. The molecule has 0 bridgehead atoms. The van der Waals surface area contributed by atoms with Crippen molar-refractivity contribution in [3.63, 3.8) is 0 Å². The summed E-state index contributed by atoms with van der Waals surface area (Å²) in [5.41, 5.74) is -0.370. The summed E-state index contributed by atoms with van der Waals surface area (Å²) in [7, 11) is 0. The Labute approximate surface area is 149 Å². The van der Waals surface area contributed by atoms with Gasteiger partial charge in [0.05, 0.1) is 0 Å². The van der Waals surface area contributed by atoms with Crippen LogP contribution in [0.15, 0.2) is 36.7 Å². The van der Waals surface area contributed by atoms with E-state index in [1.54, 1.807) is 25.3 Å². The van der Waals surface area contributed by atoms with Crippen LogP contribution in [0, 0.1) is 0 Å². The van der Waals surface area contributed by atoms with E-state index >= 15 is 0 Å². The second-order valence-corrected chi connectivity index (χ2v) is 7.21. The second-order valence-electron chi connectivity index (χ2n) is 6.78. The van der Waals surface area contributed by atoms with E-state index in [0.717, 1.165) is 12.1 Å². The maximum absolute atomic E-state index is 11.2. The van der Waals surface area contributed by atoms with Gasteiger partial charge in [-0.25, -0.2) is 9.66 Å². The molecule has 1 aromatic carbocycles. The zero-order valence-electron chi connectivity index (χ0n) is 14.5. The van der Waals surface area contributed by atoms with Gasteiger partial charge in [-0.2, -0.15) is 0 Å². The van der Waals surface area contributed by atoms with Crippen molar-refractivity contribution in [3.8, 4) is 0 Å². The number of benzene rings is 1. The fraction of sp³-hybridized carbons (Fsp3) is 0.526. The standard InChI is InChI=1S/C19H26ClN3O/c1-3-6-17-7-4-5-13-22(17)23-14-12-21-18(23)19(2,24)15-8-10-16(20)11-9-15/h8-12,14,17,24H,3-7,13H2,1-2H3. The Kier molecular flexibility index (Phi) is 5.16. The van der Waals surface area contributed by atoms with Crippen LogP contribution in [-0.2, 0) is 5.60 Å². The van der Waals surface area contributed by atoms with Crippen LogP contribution < -0.4 is 5.01 Å². The third-order valence-electron chi connectivity index (χ3n) is 4.96. The van der Waals surface area contributed by atoms with Crippen LogP contribution in [0.2, 0.25) is 5.02 Å². The normalized spacial score (nSPS) is 20.8. The maximum Gasteiger partial charge on any atom is 0.163 e. The summed E-state index contributed by atoms with van der Waals surface area (Å²) in [6.07, 6.45) is 9.73. The quantitative estimate of drug-likeness (QED) is 0.885. The summed E-state index contributed by atoms with van der Waals surface area (Å²) in [5, 5.41) is 14.3. The highest BCUT2D eigenvalue weighted by Gasteiger charge is 2.33. The van der Waals surface area contributed by atoms with E-state index in [9.17, 15) is 5.11 Å². The molecular weight excluding hydrogens is 322 g/mol. The predicted molar refractivity (Wildman–Crippen MR) is 98.0 cm³/mol. The van der Waals surface area contributed by atoms with Crippen molar-refractivity contribution >= 4 is 11.6 Å². The lowest BCUT2D eigenvalue weighted by Crippen LogP contribution is -2.49. The Morgan fingerprint density at radius 2 is 2.04 bits per heavy atom. The Morgan fingerprint density at radius 3 is 2.75 bits per heavy atom. The highest BCUT2D eigenvalue weighted by molar-refractivity contribution is 6.30. The van der Waals surface area contributed by atoms with Crippen LogP contribution in [0.4, 0.5) is 0 Å². The number of hydrogen-bond donors (Lipinski definition) is 1. The van der Waals surface area contributed by atoms with E-state index in [1.165, 1.54) is 32.1 Å². The van der Waals surface area contributed by atoms with Gasteiger partial charge in [0.25, 0.3) is 0 Å². The van der Waals surface area contributed by atoms with Gasteiger partial charge in [0.2, 0.25) is 0 Å². The Hall–Kier alpha value is -1.52. The summed E-state index contributed by atoms with van der Waals surface area (Å²) in [6.45, 7) is 5.03. The molecule has 0 radical (unpaired) electrons. The molecule has 0 spiro atoms. The number of rotatable bonds is 5. The minimum absolute atomic E-state index is 0.512. The van der Waals surface area contributed by atoms with Gasteiger partial charge in [-0.1, -0.05) is 37.1 Å². The number of imidazole rings is 1.